The van der Waals surface area contributed by atoms with Crippen LogP contribution in [0.3, 0.4) is 0 Å². The van der Waals surface area contributed by atoms with Crippen molar-refractivity contribution < 1.29 is 36.6 Å². The van der Waals surface area contributed by atoms with Gasteiger partial charge < -0.3 is 10.2 Å². The Bertz CT molecular complexity index is 391. The van der Waals surface area contributed by atoms with Gasteiger partial charge in [-0.25, -0.2) is 8.42 Å². The van der Waals surface area contributed by atoms with Crippen LogP contribution in [0.25, 0.3) is 0 Å². The van der Waals surface area contributed by atoms with Crippen molar-refractivity contribution in [3.63, 3.8) is 0 Å². The molecule has 1 aliphatic heterocycles. The third-order valence-corrected chi connectivity index (χ3v) is 3.73. The van der Waals surface area contributed by atoms with E-state index in [0.29, 0.717) is 0 Å². The molecule has 16 heavy (non-hydrogen) atoms. The molecule has 6 nitrogen and oxygen atoms in total. The highest BCUT2D eigenvalue weighted by molar-refractivity contribution is 7.90. The van der Waals surface area contributed by atoms with Gasteiger partial charge in [0.2, 0.25) is 0 Å². The molecule has 0 spiro atoms. The first-order chi connectivity index (χ1) is 7.07. The molecule has 0 saturated carbocycles. The van der Waals surface area contributed by atoms with E-state index in [2.05, 4.69) is 0 Å². The number of aliphatic hydroxyl groups excluding tert-OH is 1. The molecule has 0 aromatic rings. The fraction of sp³-hybridized carbons (Fsp3) is 0.833. The second kappa shape index (κ2) is 3.86. The predicted octanol–water partition coefficient (Wildman–Crippen LogP) is -0.644. The summed E-state index contributed by atoms with van der Waals surface area (Å²) in [6.07, 6.45) is -1.96. The van der Waals surface area contributed by atoms with Gasteiger partial charge in [0.1, 0.15) is 6.04 Å². The van der Waals surface area contributed by atoms with Gasteiger partial charge in [-0.15, -0.1) is 0 Å². The van der Waals surface area contributed by atoms with Crippen molar-refractivity contribution in [3.8, 4) is 0 Å². The molecule has 2 N–H and O–H groups in total. The maximum atomic E-state index is 12.1. The monoisotopic (exact) mass is 263 g/mol. The van der Waals surface area contributed by atoms with Crippen LogP contribution >= 0.6 is 0 Å². The zero-order valence-electron chi connectivity index (χ0n) is 7.68. The van der Waals surface area contributed by atoms with Gasteiger partial charge in [-0.1, -0.05) is 0 Å². The van der Waals surface area contributed by atoms with Crippen LogP contribution < -0.4 is 0 Å². The Morgan fingerprint density at radius 3 is 2.25 bits per heavy atom. The van der Waals surface area contributed by atoms with Crippen LogP contribution in [0.4, 0.5) is 13.2 Å². The van der Waals surface area contributed by atoms with Gasteiger partial charge in [0, 0.05) is 13.0 Å². The Morgan fingerprint density at radius 2 is 1.88 bits per heavy atom. The summed E-state index contributed by atoms with van der Waals surface area (Å²) >= 11 is 0. The van der Waals surface area contributed by atoms with Gasteiger partial charge in [0.15, 0.2) is 0 Å². The van der Waals surface area contributed by atoms with E-state index in [1.54, 1.807) is 0 Å². The number of carboxylic acids is 1. The lowest BCUT2D eigenvalue weighted by Gasteiger charge is -2.21. The second-order valence-electron chi connectivity index (χ2n) is 3.26. The smallest absolute Gasteiger partial charge is 0.480 e. The molecule has 2 atom stereocenters. The fourth-order valence-electron chi connectivity index (χ4n) is 1.41. The van der Waals surface area contributed by atoms with E-state index in [1.165, 1.54) is 0 Å². The molecular formula is C6H8F3NO5S. The summed E-state index contributed by atoms with van der Waals surface area (Å²) in [4.78, 5) is 10.5. The Kier molecular flexibility index (Phi) is 3.18. The first-order valence-corrected chi connectivity index (χ1v) is 5.50. The minimum absolute atomic E-state index is 0.236. The normalized spacial score (nSPS) is 28.2. The molecule has 94 valence electrons. The molecule has 1 saturated heterocycles. The van der Waals surface area contributed by atoms with E-state index in [-0.39, 0.29) is 4.31 Å². The van der Waals surface area contributed by atoms with Gasteiger partial charge in [0.25, 0.3) is 0 Å². The highest BCUT2D eigenvalue weighted by Gasteiger charge is 2.55. The second-order valence-corrected chi connectivity index (χ2v) is 5.15. The van der Waals surface area contributed by atoms with Crippen LogP contribution in [0.2, 0.25) is 0 Å². The summed E-state index contributed by atoms with van der Waals surface area (Å²) in [6, 6.07) is -1.87. The van der Waals surface area contributed by atoms with E-state index in [1.807, 2.05) is 0 Å². The zero-order chi connectivity index (χ0) is 12.7. The van der Waals surface area contributed by atoms with Gasteiger partial charge >= 0.3 is 21.5 Å². The van der Waals surface area contributed by atoms with E-state index < -0.39 is 46.6 Å². The zero-order valence-corrected chi connectivity index (χ0v) is 8.49. The molecule has 1 heterocycles. The molecule has 0 radical (unpaired) electrons. The molecule has 1 aliphatic rings. The summed E-state index contributed by atoms with van der Waals surface area (Å²) in [5.41, 5.74) is -5.56. The fourth-order valence-corrected chi connectivity index (χ4v) is 2.55. The topological polar surface area (TPSA) is 94.9 Å². The number of carbonyl (C=O) groups is 1. The number of halogens is 3. The van der Waals surface area contributed by atoms with Crippen molar-refractivity contribution in [1.29, 1.82) is 0 Å². The average Bonchev–Trinajstić information content (AvgIpc) is 2.45. The minimum Gasteiger partial charge on any atom is -0.480 e. The predicted molar refractivity (Wildman–Crippen MR) is 43.7 cm³/mol. The lowest BCUT2D eigenvalue weighted by atomic mass is 10.2. The Labute approximate surface area is 88.3 Å². The molecule has 0 aliphatic carbocycles. The third-order valence-electron chi connectivity index (χ3n) is 2.12. The van der Waals surface area contributed by atoms with Crippen LogP contribution in [-0.4, -0.2) is 53.1 Å². The maximum absolute atomic E-state index is 12.1. The number of aliphatic carboxylic acids is 1. The summed E-state index contributed by atoms with van der Waals surface area (Å²) in [5, 5.41) is 17.6. The summed E-state index contributed by atoms with van der Waals surface area (Å²) in [5.74, 6) is -1.72. The number of hydrogen-bond acceptors (Lipinski definition) is 4. The van der Waals surface area contributed by atoms with E-state index in [0.717, 1.165) is 0 Å². The Hall–Kier alpha value is -0.870. The SMILES string of the molecule is O=C(O)[C@H]1C[C@@H](O)CN1S(=O)(=O)C(F)(F)F. The molecular weight excluding hydrogens is 255 g/mol. The number of hydrogen-bond donors (Lipinski definition) is 2. The number of β-amino-alcohol motifs (C(OH)–C–C–N with tert-alkyl or cyclic N) is 1. The van der Waals surface area contributed by atoms with Crippen LogP contribution in [0, 0.1) is 0 Å². The Morgan fingerprint density at radius 1 is 1.38 bits per heavy atom. The average molecular weight is 263 g/mol. The number of nitrogens with zero attached hydrogens (tertiary/aromatic N) is 1. The standard InChI is InChI=1S/C6H8F3NO5S/c7-6(8,9)16(14,15)10-2-3(11)1-4(10)5(12)13/h3-4,11H,1-2H2,(H,12,13)/t3-,4-/m1/s1. The van der Waals surface area contributed by atoms with Gasteiger partial charge in [-0.05, 0) is 0 Å². The summed E-state index contributed by atoms with van der Waals surface area (Å²) in [7, 11) is -5.71. The third kappa shape index (κ3) is 2.13. The molecule has 10 heteroatoms. The summed E-state index contributed by atoms with van der Waals surface area (Å²) in [6.45, 7) is -0.862. The van der Waals surface area contributed by atoms with Crippen LogP contribution in [-0.2, 0) is 14.8 Å². The number of carboxylic acid groups (broad SMARTS) is 1. The number of sulfonamides is 1. The van der Waals surface area contributed by atoms with Gasteiger partial charge in [-0.3, -0.25) is 4.79 Å². The van der Waals surface area contributed by atoms with Crippen molar-refractivity contribution in [2.24, 2.45) is 0 Å². The quantitative estimate of drug-likeness (QED) is 0.690. The first kappa shape index (κ1) is 13.2. The molecule has 0 unspecified atom stereocenters. The van der Waals surface area contributed by atoms with Crippen molar-refractivity contribution in [3.05, 3.63) is 0 Å². The van der Waals surface area contributed by atoms with Gasteiger partial charge in [-0.2, -0.15) is 17.5 Å². The van der Waals surface area contributed by atoms with Crippen molar-refractivity contribution in [1.82, 2.24) is 4.31 Å². The highest BCUT2D eigenvalue weighted by Crippen LogP contribution is 2.32. The minimum atomic E-state index is -5.71. The van der Waals surface area contributed by atoms with Crippen molar-refractivity contribution >= 4 is 16.0 Å². The molecule has 0 aromatic carbocycles. The molecule has 0 amide bonds. The maximum Gasteiger partial charge on any atom is 0.511 e. The molecule has 0 aromatic heterocycles. The van der Waals surface area contributed by atoms with Crippen LogP contribution in [0.5, 0.6) is 0 Å². The van der Waals surface area contributed by atoms with E-state index in [4.69, 9.17) is 10.2 Å². The largest absolute Gasteiger partial charge is 0.511 e. The lowest BCUT2D eigenvalue weighted by Crippen LogP contribution is -2.46. The Balaban J connectivity index is 3.09. The molecule has 0 bridgehead atoms. The molecule has 1 fully saturated rings. The molecule has 1 rings (SSSR count). The number of alkyl halides is 3. The van der Waals surface area contributed by atoms with Gasteiger partial charge in [0.05, 0.1) is 6.10 Å². The first-order valence-electron chi connectivity index (χ1n) is 4.06. The van der Waals surface area contributed by atoms with Crippen LogP contribution in [0.1, 0.15) is 6.42 Å². The van der Waals surface area contributed by atoms with Crippen molar-refractivity contribution in [2.75, 3.05) is 6.54 Å². The van der Waals surface area contributed by atoms with E-state index in [9.17, 15) is 26.4 Å². The lowest BCUT2D eigenvalue weighted by molar-refractivity contribution is -0.141. The number of rotatable bonds is 2. The number of aliphatic hydroxyl groups is 1. The van der Waals surface area contributed by atoms with Crippen molar-refractivity contribution in [2.45, 2.75) is 24.1 Å². The highest BCUT2D eigenvalue weighted by atomic mass is 32.2. The van der Waals surface area contributed by atoms with E-state index >= 15 is 0 Å². The summed E-state index contributed by atoms with van der Waals surface area (Å²) < 4.78 is 58.1. The van der Waals surface area contributed by atoms with Crippen LogP contribution in [0.15, 0.2) is 0 Å².